The molecule has 1 amide bonds. The molecule has 6 aromatic rings. The van der Waals surface area contributed by atoms with E-state index in [1.165, 1.54) is 22.9 Å². The highest BCUT2D eigenvalue weighted by Crippen LogP contribution is 2.34. The van der Waals surface area contributed by atoms with E-state index in [1.807, 2.05) is 71.5 Å². The lowest BCUT2D eigenvalue weighted by Crippen LogP contribution is -2.32. The lowest BCUT2D eigenvalue weighted by atomic mass is 10.1. The highest BCUT2D eigenvalue weighted by atomic mass is 32.1. The predicted molar refractivity (Wildman–Crippen MR) is 152 cm³/mol. The van der Waals surface area contributed by atoms with E-state index in [1.54, 1.807) is 17.4 Å². The molecular formula is C31H22F2N4O2S. The van der Waals surface area contributed by atoms with Gasteiger partial charge in [-0.3, -0.25) is 9.59 Å². The number of aromatic nitrogens is 3. The Hall–Kier alpha value is -4.89. The van der Waals surface area contributed by atoms with Gasteiger partial charge in [0, 0.05) is 26.9 Å². The standard InChI is InChI=1S/C31H22F2N4O2S/c32-26-13-11-20(16-27(26)33)19-36-15-5-9-24(31(36)39)30(38)34-17-22-12-14-29(40-22)23-8-4-10-28-25(23)18-35-37(28)21-6-2-1-3-7-21/h1-16,18H,17,19H2,(H,34,38). The first-order valence-corrected chi connectivity index (χ1v) is 13.3. The first kappa shape index (κ1) is 25.4. The van der Waals surface area contributed by atoms with Crippen LogP contribution in [0.3, 0.4) is 0 Å². The van der Waals surface area contributed by atoms with Crippen LogP contribution in [0.5, 0.6) is 0 Å². The molecule has 0 radical (unpaired) electrons. The van der Waals surface area contributed by atoms with E-state index in [2.05, 4.69) is 10.4 Å². The first-order valence-electron chi connectivity index (χ1n) is 12.5. The summed E-state index contributed by atoms with van der Waals surface area (Å²) in [6.45, 7) is 0.262. The molecule has 0 saturated carbocycles. The molecule has 3 aromatic carbocycles. The maximum atomic E-state index is 13.6. The number of thiophene rings is 1. The van der Waals surface area contributed by atoms with E-state index < -0.39 is 23.1 Å². The molecule has 3 aromatic heterocycles. The number of carbonyl (C=O) groups excluding carboxylic acids is 1. The van der Waals surface area contributed by atoms with Gasteiger partial charge >= 0.3 is 0 Å². The Bertz CT molecular complexity index is 1910. The number of rotatable bonds is 7. The van der Waals surface area contributed by atoms with E-state index in [4.69, 9.17) is 0 Å². The second-order valence-corrected chi connectivity index (χ2v) is 10.4. The summed E-state index contributed by atoms with van der Waals surface area (Å²) in [4.78, 5) is 27.8. The average Bonchev–Trinajstić information content (AvgIpc) is 3.63. The molecule has 0 aliphatic rings. The highest BCUT2D eigenvalue weighted by Gasteiger charge is 2.15. The van der Waals surface area contributed by atoms with E-state index in [-0.39, 0.29) is 18.7 Å². The van der Waals surface area contributed by atoms with Gasteiger partial charge < -0.3 is 9.88 Å². The third-order valence-electron chi connectivity index (χ3n) is 6.57. The fourth-order valence-electron chi connectivity index (χ4n) is 4.59. The van der Waals surface area contributed by atoms with Crippen LogP contribution in [0.2, 0.25) is 0 Å². The number of carbonyl (C=O) groups is 1. The van der Waals surface area contributed by atoms with Crippen molar-refractivity contribution in [2.24, 2.45) is 0 Å². The third kappa shape index (κ3) is 4.94. The van der Waals surface area contributed by atoms with Crippen LogP contribution in [0.15, 0.2) is 108 Å². The topological polar surface area (TPSA) is 68.9 Å². The Kier molecular flexibility index (Phi) is 6.79. The predicted octanol–water partition coefficient (Wildman–Crippen LogP) is 6.17. The monoisotopic (exact) mass is 552 g/mol. The first-order chi connectivity index (χ1) is 19.5. The maximum absolute atomic E-state index is 13.6. The maximum Gasteiger partial charge on any atom is 0.263 e. The van der Waals surface area contributed by atoms with Crippen molar-refractivity contribution in [1.29, 1.82) is 0 Å². The molecule has 0 fully saturated rings. The molecule has 198 valence electrons. The number of halogens is 2. The molecule has 0 bridgehead atoms. The van der Waals surface area contributed by atoms with Crippen LogP contribution in [0, 0.1) is 11.6 Å². The zero-order valence-corrected chi connectivity index (χ0v) is 21.9. The molecule has 0 atom stereocenters. The molecule has 0 saturated heterocycles. The zero-order valence-electron chi connectivity index (χ0n) is 21.1. The van der Waals surface area contributed by atoms with Crippen molar-refractivity contribution in [1.82, 2.24) is 19.7 Å². The largest absolute Gasteiger partial charge is 0.347 e. The summed E-state index contributed by atoms with van der Waals surface area (Å²) in [6.07, 6.45) is 3.37. The van der Waals surface area contributed by atoms with Crippen LogP contribution in [-0.2, 0) is 13.1 Å². The van der Waals surface area contributed by atoms with Crippen molar-refractivity contribution < 1.29 is 13.6 Å². The van der Waals surface area contributed by atoms with Crippen LogP contribution in [0.4, 0.5) is 8.78 Å². The molecule has 0 spiro atoms. The van der Waals surface area contributed by atoms with Crippen LogP contribution in [0.1, 0.15) is 20.8 Å². The zero-order chi connectivity index (χ0) is 27.6. The number of nitrogens with one attached hydrogen (secondary N) is 1. The number of para-hydroxylation sites is 1. The summed E-state index contributed by atoms with van der Waals surface area (Å²) in [5.41, 5.74) is 2.89. The van der Waals surface area contributed by atoms with Gasteiger partial charge in [-0.05, 0) is 60.2 Å². The van der Waals surface area contributed by atoms with Crippen LogP contribution >= 0.6 is 11.3 Å². The Balaban J connectivity index is 1.18. The van der Waals surface area contributed by atoms with Gasteiger partial charge in [0.05, 0.1) is 30.5 Å². The number of hydrogen-bond acceptors (Lipinski definition) is 4. The molecule has 6 rings (SSSR count). The normalized spacial score (nSPS) is 11.2. The summed E-state index contributed by atoms with van der Waals surface area (Å²) in [6, 6.07) is 26.5. The minimum Gasteiger partial charge on any atom is -0.347 e. The van der Waals surface area contributed by atoms with E-state index >= 15 is 0 Å². The minimum absolute atomic E-state index is 0.0117. The summed E-state index contributed by atoms with van der Waals surface area (Å²) in [5, 5.41) is 8.45. The second kappa shape index (κ2) is 10.7. The molecule has 6 nitrogen and oxygen atoms in total. The summed E-state index contributed by atoms with van der Waals surface area (Å²) in [7, 11) is 0. The van der Waals surface area contributed by atoms with Crippen molar-refractivity contribution in [3.8, 4) is 16.1 Å². The van der Waals surface area contributed by atoms with Gasteiger partial charge in [0.25, 0.3) is 11.5 Å². The van der Waals surface area contributed by atoms with Gasteiger partial charge in [0.1, 0.15) is 5.56 Å². The van der Waals surface area contributed by atoms with Gasteiger partial charge in [0.15, 0.2) is 11.6 Å². The van der Waals surface area contributed by atoms with Crippen LogP contribution < -0.4 is 10.9 Å². The summed E-state index contributed by atoms with van der Waals surface area (Å²) in [5.74, 6) is -2.46. The number of nitrogens with zero attached hydrogens (tertiary/aromatic N) is 3. The van der Waals surface area contributed by atoms with Gasteiger partial charge in [0.2, 0.25) is 0 Å². The highest BCUT2D eigenvalue weighted by molar-refractivity contribution is 7.15. The molecule has 0 unspecified atom stereocenters. The van der Waals surface area contributed by atoms with Gasteiger partial charge in [-0.15, -0.1) is 11.3 Å². The van der Waals surface area contributed by atoms with E-state index in [0.717, 1.165) is 44.0 Å². The molecule has 1 N–H and O–H groups in total. The smallest absolute Gasteiger partial charge is 0.263 e. The number of amides is 1. The molecule has 0 aliphatic carbocycles. The molecule has 0 aliphatic heterocycles. The SMILES string of the molecule is O=C(NCc1ccc(-c2cccc3c2cnn3-c2ccccc2)s1)c1cccn(Cc2ccc(F)c(F)c2)c1=O. The Labute approximate surface area is 231 Å². The number of pyridine rings is 1. The lowest BCUT2D eigenvalue weighted by Gasteiger charge is -2.09. The fraction of sp³-hybridized carbons (Fsp3) is 0.0645. The van der Waals surface area contributed by atoms with Crippen molar-refractivity contribution >= 4 is 28.1 Å². The number of benzene rings is 3. The van der Waals surface area contributed by atoms with E-state index in [9.17, 15) is 18.4 Å². The average molecular weight is 553 g/mol. The number of fused-ring (bicyclic) bond motifs is 1. The Morgan fingerprint density at radius 2 is 1.75 bits per heavy atom. The Morgan fingerprint density at radius 3 is 2.58 bits per heavy atom. The minimum atomic E-state index is -0.990. The molecule has 3 heterocycles. The van der Waals surface area contributed by atoms with Crippen LogP contribution in [-0.4, -0.2) is 20.3 Å². The van der Waals surface area contributed by atoms with Crippen molar-refractivity contribution in [2.45, 2.75) is 13.1 Å². The summed E-state index contributed by atoms with van der Waals surface area (Å²) >= 11 is 1.55. The molecular weight excluding hydrogens is 530 g/mol. The second-order valence-electron chi connectivity index (χ2n) is 9.18. The quantitative estimate of drug-likeness (QED) is 0.258. The lowest BCUT2D eigenvalue weighted by molar-refractivity contribution is 0.0949. The molecule has 9 heteroatoms. The van der Waals surface area contributed by atoms with Crippen molar-refractivity contribution in [2.75, 3.05) is 0 Å². The molecule has 40 heavy (non-hydrogen) atoms. The number of hydrogen-bond donors (Lipinski definition) is 1. The third-order valence-corrected chi connectivity index (χ3v) is 7.68. The van der Waals surface area contributed by atoms with Gasteiger partial charge in [-0.2, -0.15) is 5.10 Å². The van der Waals surface area contributed by atoms with E-state index in [0.29, 0.717) is 5.56 Å². The van der Waals surface area contributed by atoms with Crippen molar-refractivity contribution in [3.05, 3.63) is 141 Å². The van der Waals surface area contributed by atoms with Crippen LogP contribution in [0.25, 0.3) is 27.0 Å². The van der Waals surface area contributed by atoms with Crippen molar-refractivity contribution in [3.63, 3.8) is 0 Å². The Morgan fingerprint density at radius 1 is 0.900 bits per heavy atom. The van der Waals surface area contributed by atoms with Gasteiger partial charge in [-0.25, -0.2) is 13.5 Å². The van der Waals surface area contributed by atoms with Gasteiger partial charge in [-0.1, -0.05) is 36.4 Å². The summed E-state index contributed by atoms with van der Waals surface area (Å²) < 4.78 is 30.0. The fourth-order valence-corrected chi connectivity index (χ4v) is 5.58.